The predicted molar refractivity (Wildman–Crippen MR) is 70.1 cm³/mol. The first-order valence-electron chi connectivity index (χ1n) is 6.41. The van der Waals surface area contributed by atoms with Gasteiger partial charge >= 0.3 is 0 Å². The molecular weight excluding hydrogens is 220 g/mol. The van der Waals surface area contributed by atoms with Crippen LogP contribution in [-0.4, -0.2) is 36.7 Å². The summed E-state index contributed by atoms with van der Waals surface area (Å²) in [6.45, 7) is 4.58. The van der Waals surface area contributed by atoms with Gasteiger partial charge in [0.05, 0.1) is 0 Å². The van der Waals surface area contributed by atoms with Crippen LogP contribution in [0.25, 0.3) is 0 Å². The van der Waals surface area contributed by atoms with Crippen LogP contribution in [0, 0.1) is 5.92 Å². The Labute approximate surface area is 102 Å². The summed E-state index contributed by atoms with van der Waals surface area (Å²) in [6.07, 6.45) is 5.17. The fourth-order valence-electron chi connectivity index (χ4n) is 2.40. The van der Waals surface area contributed by atoms with Crippen LogP contribution >= 0.6 is 11.8 Å². The maximum absolute atomic E-state index is 5.30. The standard InChI is InChI=1S/C12H22N2OS/c1-2-15-8-4-7-13-12-14-11-6-3-5-10(11)9-16-12/h10-11H,2-9H2,1H3,(H,13,14). The number of hydrogen-bond donors (Lipinski definition) is 1. The minimum atomic E-state index is 0.715. The van der Waals surface area contributed by atoms with Gasteiger partial charge in [-0.05, 0) is 32.1 Å². The van der Waals surface area contributed by atoms with Crippen LogP contribution in [0.2, 0.25) is 0 Å². The minimum absolute atomic E-state index is 0.715. The zero-order valence-electron chi connectivity index (χ0n) is 10.1. The molecule has 4 heteroatoms. The van der Waals surface area contributed by atoms with E-state index in [1.165, 1.54) is 30.2 Å². The lowest BCUT2D eigenvalue weighted by Gasteiger charge is -2.28. The van der Waals surface area contributed by atoms with E-state index in [0.29, 0.717) is 6.04 Å². The topological polar surface area (TPSA) is 33.6 Å². The van der Waals surface area contributed by atoms with Crippen LogP contribution in [-0.2, 0) is 4.74 Å². The van der Waals surface area contributed by atoms with Crippen molar-refractivity contribution in [1.29, 1.82) is 0 Å². The Bertz CT molecular complexity index is 245. The number of ether oxygens (including phenoxy) is 1. The van der Waals surface area contributed by atoms with E-state index in [1.54, 1.807) is 0 Å². The van der Waals surface area contributed by atoms with Gasteiger partial charge in [0.25, 0.3) is 0 Å². The number of nitrogens with zero attached hydrogens (tertiary/aromatic N) is 1. The third-order valence-electron chi connectivity index (χ3n) is 3.31. The van der Waals surface area contributed by atoms with Crippen molar-refractivity contribution in [1.82, 2.24) is 5.32 Å². The molecule has 3 nitrogen and oxygen atoms in total. The average Bonchev–Trinajstić information content (AvgIpc) is 2.76. The Kier molecular flexibility index (Phi) is 4.97. The molecule has 2 fully saturated rings. The molecule has 2 unspecified atom stereocenters. The van der Waals surface area contributed by atoms with Gasteiger partial charge in [-0.25, -0.2) is 0 Å². The third kappa shape index (κ3) is 3.39. The summed E-state index contributed by atoms with van der Waals surface area (Å²) >= 11 is 1.90. The van der Waals surface area contributed by atoms with E-state index in [4.69, 9.17) is 4.74 Å². The van der Waals surface area contributed by atoms with Crippen molar-refractivity contribution < 1.29 is 4.74 Å². The number of hydrogen-bond acceptors (Lipinski definition) is 3. The molecule has 1 saturated carbocycles. The molecule has 16 heavy (non-hydrogen) atoms. The number of rotatable bonds is 5. The Balaban J connectivity index is 1.67. The van der Waals surface area contributed by atoms with Crippen LogP contribution in [0.5, 0.6) is 0 Å². The molecular formula is C12H22N2OS. The molecule has 0 aromatic rings. The summed E-state index contributed by atoms with van der Waals surface area (Å²) in [5, 5.41) is 4.74. The molecule has 0 spiro atoms. The second-order valence-corrected chi connectivity index (χ2v) is 5.50. The summed E-state index contributed by atoms with van der Waals surface area (Å²) in [5.41, 5.74) is 0. The predicted octanol–water partition coefficient (Wildman–Crippen LogP) is 2.27. The molecule has 92 valence electrons. The number of amidine groups is 1. The first kappa shape index (κ1) is 12.2. The normalized spacial score (nSPS) is 31.4. The van der Waals surface area contributed by atoms with Crippen molar-refractivity contribution in [2.75, 3.05) is 25.5 Å². The third-order valence-corrected chi connectivity index (χ3v) is 4.42. The van der Waals surface area contributed by atoms with Gasteiger partial charge < -0.3 is 10.1 Å². The molecule has 1 N–H and O–H groups in total. The molecule has 1 aliphatic carbocycles. The molecule has 2 aliphatic rings. The largest absolute Gasteiger partial charge is 0.382 e. The van der Waals surface area contributed by atoms with E-state index < -0.39 is 0 Å². The first-order chi connectivity index (χ1) is 7.90. The number of nitrogens with one attached hydrogen (secondary N) is 1. The highest BCUT2D eigenvalue weighted by Crippen LogP contribution is 2.32. The van der Waals surface area contributed by atoms with Crippen molar-refractivity contribution in [3.8, 4) is 0 Å². The van der Waals surface area contributed by atoms with Gasteiger partial charge in [-0.3, -0.25) is 4.99 Å². The first-order valence-corrected chi connectivity index (χ1v) is 7.40. The van der Waals surface area contributed by atoms with Gasteiger partial charge in [-0.15, -0.1) is 0 Å². The van der Waals surface area contributed by atoms with Crippen LogP contribution in [0.4, 0.5) is 0 Å². The lowest BCUT2D eigenvalue weighted by Crippen LogP contribution is -2.41. The molecule has 0 aromatic heterocycles. The molecule has 0 bridgehead atoms. The molecule has 0 amide bonds. The second kappa shape index (κ2) is 6.50. The van der Waals surface area contributed by atoms with Crippen LogP contribution in [0.15, 0.2) is 4.99 Å². The maximum atomic E-state index is 5.30. The van der Waals surface area contributed by atoms with Gasteiger partial charge in [0.15, 0.2) is 5.17 Å². The highest BCUT2D eigenvalue weighted by Gasteiger charge is 2.31. The fraction of sp³-hybridized carbons (Fsp3) is 0.917. The lowest BCUT2D eigenvalue weighted by atomic mass is 10.1. The van der Waals surface area contributed by atoms with Crippen molar-refractivity contribution in [3.05, 3.63) is 0 Å². The van der Waals surface area contributed by atoms with E-state index in [2.05, 4.69) is 10.3 Å². The summed E-state index contributed by atoms with van der Waals surface area (Å²) in [4.78, 5) is 4.60. The van der Waals surface area contributed by atoms with Crippen molar-refractivity contribution in [2.45, 2.75) is 38.6 Å². The van der Waals surface area contributed by atoms with E-state index in [9.17, 15) is 0 Å². The summed E-state index contributed by atoms with van der Waals surface area (Å²) in [7, 11) is 0. The molecule has 0 radical (unpaired) electrons. The van der Waals surface area contributed by atoms with Gasteiger partial charge in [-0.2, -0.15) is 0 Å². The van der Waals surface area contributed by atoms with Crippen molar-refractivity contribution >= 4 is 16.9 Å². The average molecular weight is 242 g/mol. The van der Waals surface area contributed by atoms with Crippen LogP contribution in [0.1, 0.15) is 32.6 Å². The van der Waals surface area contributed by atoms with E-state index in [0.717, 1.165) is 32.1 Å². The van der Waals surface area contributed by atoms with E-state index >= 15 is 0 Å². The Morgan fingerprint density at radius 1 is 1.50 bits per heavy atom. The Hall–Kier alpha value is -0.220. The highest BCUT2D eigenvalue weighted by atomic mass is 32.2. The fourth-order valence-corrected chi connectivity index (χ4v) is 3.58. The quantitative estimate of drug-likeness (QED) is 0.751. The zero-order chi connectivity index (χ0) is 11.2. The number of fused-ring (bicyclic) bond motifs is 1. The summed E-state index contributed by atoms with van der Waals surface area (Å²) < 4.78 is 5.30. The smallest absolute Gasteiger partial charge is 0.156 e. The molecule has 1 aliphatic heterocycles. The second-order valence-electron chi connectivity index (χ2n) is 4.49. The SMILES string of the molecule is CCOCCCN=C1NC2CCCC2CS1. The van der Waals surface area contributed by atoms with Crippen LogP contribution < -0.4 is 5.32 Å². The molecule has 0 aromatic carbocycles. The Morgan fingerprint density at radius 3 is 3.31 bits per heavy atom. The molecule has 2 rings (SSSR count). The summed E-state index contributed by atoms with van der Waals surface area (Å²) in [6, 6.07) is 0.715. The number of aliphatic imine (C=N–C) groups is 1. The molecule has 2 atom stereocenters. The van der Waals surface area contributed by atoms with Crippen LogP contribution in [0.3, 0.4) is 0 Å². The monoisotopic (exact) mass is 242 g/mol. The molecule has 1 heterocycles. The lowest BCUT2D eigenvalue weighted by molar-refractivity contribution is 0.146. The molecule has 1 saturated heterocycles. The van der Waals surface area contributed by atoms with Gasteiger partial charge in [0.2, 0.25) is 0 Å². The zero-order valence-corrected chi connectivity index (χ0v) is 10.9. The van der Waals surface area contributed by atoms with Gasteiger partial charge in [0, 0.05) is 31.6 Å². The van der Waals surface area contributed by atoms with Crippen molar-refractivity contribution in [3.63, 3.8) is 0 Å². The summed E-state index contributed by atoms with van der Waals surface area (Å²) in [5.74, 6) is 2.16. The van der Waals surface area contributed by atoms with E-state index in [-0.39, 0.29) is 0 Å². The maximum Gasteiger partial charge on any atom is 0.156 e. The van der Waals surface area contributed by atoms with E-state index in [1.807, 2.05) is 18.7 Å². The van der Waals surface area contributed by atoms with Crippen molar-refractivity contribution in [2.24, 2.45) is 10.9 Å². The number of thioether (sulfide) groups is 1. The highest BCUT2D eigenvalue weighted by molar-refractivity contribution is 8.13. The van der Waals surface area contributed by atoms with Gasteiger partial charge in [0.1, 0.15) is 0 Å². The Morgan fingerprint density at radius 2 is 2.44 bits per heavy atom. The minimum Gasteiger partial charge on any atom is -0.382 e. The van der Waals surface area contributed by atoms with Gasteiger partial charge in [-0.1, -0.05) is 18.2 Å².